The van der Waals surface area contributed by atoms with Crippen LogP contribution >= 0.6 is 0 Å². The highest BCUT2D eigenvalue weighted by molar-refractivity contribution is 5.27. The number of aliphatic hydroxyl groups excluding tert-OH is 1. The van der Waals surface area contributed by atoms with Gasteiger partial charge in [0, 0.05) is 19.0 Å². The zero-order chi connectivity index (χ0) is 11.9. The number of aryl methyl sites for hydroxylation is 1. The van der Waals surface area contributed by atoms with Crippen molar-refractivity contribution in [3.63, 3.8) is 0 Å². The lowest BCUT2D eigenvalue weighted by Gasteiger charge is -2.03. The van der Waals surface area contributed by atoms with Crippen molar-refractivity contribution in [2.45, 2.75) is 19.3 Å². The Kier molecular flexibility index (Phi) is 4.28. The van der Waals surface area contributed by atoms with Gasteiger partial charge in [-0.05, 0) is 42.0 Å². The van der Waals surface area contributed by atoms with Gasteiger partial charge in [-0.1, -0.05) is 30.3 Å². The molecule has 0 saturated carbocycles. The molecule has 0 aliphatic rings. The predicted octanol–water partition coefficient (Wildman–Crippen LogP) is 2.60. The number of hydrogen-bond donors (Lipinski definition) is 1. The fourth-order valence-corrected chi connectivity index (χ4v) is 1.85. The molecule has 0 aliphatic heterocycles. The third kappa shape index (κ3) is 3.68. The lowest BCUT2D eigenvalue weighted by atomic mass is 10.0. The summed E-state index contributed by atoms with van der Waals surface area (Å²) in [6.07, 6.45) is 6.40. The number of aliphatic hydroxyl groups is 1. The Morgan fingerprint density at radius 2 is 1.71 bits per heavy atom. The molecule has 17 heavy (non-hydrogen) atoms. The van der Waals surface area contributed by atoms with Gasteiger partial charge in [-0.3, -0.25) is 4.98 Å². The summed E-state index contributed by atoms with van der Waals surface area (Å²) in [4.78, 5) is 4.11. The average molecular weight is 227 g/mol. The second-order valence-electron chi connectivity index (χ2n) is 4.18. The highest BCUT2D eigenvalue weighted by Crippen LogP contribution is 2.11. The Labute approximate surface area is 102 Å². The van der Waals surface area contributed by atoms with E-state index in [0.717, 1.165) is 19.3 Å². The first-order chi connectivity index (χ1) is 8.38. The van der Waals surface area contributed by atoms with Crippen molar-refractivity contribution in [2.24, 2.45) is 0 Å². The molecule has 0 atom stereocenters. The minimum absolute atomic E-state index is 0.261. The summed E-state index contributed by atoms with van der Waals surface area (Å²) < 4.78 is 0. The van der Waals surface area contributed by atoms with Gasteiger partial charge in [0.2, 0.25) is 0 Å². The van der Waals surface area contributed by atoms with Gasteiger partial charge >= 0.3 is 0 Å². The Bertz CT molecular complexity index is 436. The van der Waals surface area contributed by atoms with Crippen LogP contribution in [-0.4, -0.2) is 16.7 Å². The summed E-state index contributed by atoms with van der Waals surface area (Å²) in [5.41, 5.74) is 3.82. The molecular weight excluding hydrogens is 210 g/mol. The van der Waals surface area contributed by atoms with Gasteiger partial charge < -0.3 is 5.11 Å². The van der Waals surface area contributed by atoms with E-state index >= 15 is 0 Å². The fraction of sp³-hybridized carbons (Fsp3) is 0.267. The molecule has 0 saturated heterocycles. The van der Waals surface area contributed by atoms with Crippen LogP contribution in [0.1, 0.15) is 23.1 Å². The van der Waals surface area contributed by atoms with Crippen LogP contribution in [0.25, 0.3) is 0 Å². The van der Waals surface area contributed by atoms with Crippen LogP contribution < -0.4 is 0 Å². The number of benzene rings is 1. The Morgan fingerprint density at radius 3 is 2.35 bits per heavy atom. The van der Waals surface area contributed by atoms with Crippen molar-refractivity contribution in [1.82, 2.24) is 4.98 Å². The number of rotatable bonds is 5. The van der Waals surface area contributed by atoms with E-state index in [1.807, 2.05) is 12.3 Å². The Hall–Kier alpha value is -1.67. The summed E-state index contributed by atoms with van der Waals surface area (Å²) in [7, 11) is 0. The maximum Gasteiger partial charge on any atom is 0.0434 e. The standard InChI is InChI=1S/C15H17NO/c17-10-2-4-13-5-7-14(8-6-13)11-15-3-1-9-16-12-15/h1,3,5-9,12,17H,2,4,10-11H2. The molecule has 0 radical (unpaired) electrons. The minimum Gasteiger partial charge on any atom is -0.396 e. The summed E-state index contributed by atoms with van der Waals surface area (Å²) in [5.74, 6) is 0. The van der Waals surface area contributed by atoms with E-state index in [2.05, 4.69) is 35.3 Å². The first-order valence-corrected chi connectivity index (χ1v) is 5.96. The van der Waals surface area contributed by atoms with E-state index in [-0.39, 0.29) is 6.61 Å². The zero-order valence-corrected chi connectivity index (χ0v) is 9.84. The molecule has 2 rings (SSSR count). The second-order valence-corrected chi connectivity index (χ2v) is 4.18. The van der Waals surface area contributed by atoms with E-state index in [9.17, 15) is 0 Å². The zero-order valence-electron chi connectivity index (χ0n) is 9.84. The molecule has 88 valence electrons. The van der Waals surface area contributed by atoms with Crippen molar-refractivity contribution < 1.29 is 5.11 Å². The largest absolute Gasteiger partial charge is 0.396 e. The molecule has 0 unspecified atom stereocenters. The molecule has 1 heterocycles. The Morgan fingerprint density at radius 1 is 0.941 bits per heavy atom. The van der Waals surface area contributed by atoms with Crippen molar-refractivity contribution in [3.8, 4) is 0 Å². The fourth-order valence-electron chi connectivity index (χ4n) is 1.85. The molecule has 0 fully saturated rings. The molecule has 1 aromatic heterocycles. The maximum atomic E-state index is 8.77. The van der Waals surface area contributed by atoms with Gasteiger partial charge in [0.05, 0.1) is 0 Å². The average Bonchev–Trinajstić information content (AvgIpc) is 2.39. The van der Waals surface area contributed by atoms with Crippen molar-refractivity contribution in [1.29, 1.82) is 0 Å². The predicted molar refractivity (Wildman–Crippen MR) is 68.9 cm³/mol. The van der Waals surface area contributed by atoms with E-state index in [1.54, 1.807) is 6.20 Å². The maximum absolute atomic E-state index is 8.77. The molecular formula is C15H17NO. The highest BCUT2D eigenvalue weighted by atomic mass is 16.2. The topological polar surface area (TPSA) is 33.1 Å². The van der Waals surface area contributed by atoms with Gasteiger partial charge in [-0.2, -0.15) is 0 Å². The van der Waals surface area contributed by atoms with E-state index in [1.165, 1.54) is 16.7 Å². The van der Waals surface area contributed by atoms with Gasteiger partial charge in [0.15, 0.2) is 0 Å². The summed E-state index contributed by atoms with van der Waals surface area (Å²) in [6, 6.07) is 12.6. The summed E-state index contributed by atoms with van der Waals surface area (Å²) >= 11 is 0. The Balaban J connectivity index is 1.98. The second kappa shape index (κ2) is 6.16. The summed E-state index contributed by atoms with van der Waals surface area (Å²) in [6.45, 7) is 0.261. The van der Waals surface area contributed by atoms with Gasteiger partial charge in [-0.15, -0.1) is 0 Å². The van der Waals surface area contributed by atoms with Gasteiger partial charge in [-0.25, -0.2) is 0 Å². The van der Waals surface area contributed by atoms with Crippen LogP contribution in [0.3, 0.4) is 0 Å². The molecule has 0 aliphatic carbocycles. The van der Waals surface area contributed by atoms with Crippen LogP contribution in [-0.2, 0) is 12.8 Å². The monoisotopic (exact) mass is 227 g/mol. The smallest absolute Gasteiger partial charge is 0.0434 e. The van der Waals surface area contributed by atoms with Gasteiger partial charge in [0.25, 0.3) is 0 Å². The SMILES string of the molecule is OCCCc1ccc(Cc2cccnc2)cc1. The van der Waals surface area contributed by atoms with Crippen LogP contribution in [0.2, 0.25) is 0 Å². The van der Waals surface area contributed by atoms with Crippen LogP contribution in [0.4, 0.5) is 0 Å². The molecule has 1 aromatic carbocycles. The normalized spacial score (nSPS) is 10.4. The molecule has 0 spiro atoms. The lowest BCUT2D eigenvalue weighted by molar-refractivity contribution is 0.288. The molecule has 2 nitrogen and oxygen atoms in total. The highest BCUT2D eigenvalue weighted by Gasteiger charge is 1.97. The number of pyridine rings is 1. The quantitative estimate of drug-likeness (QED) is 0.851. The van der Waals surface area contributed by atoms with Gasteiger partial charge in [0.1, 0.15) is 0 Å². The van der Waals surface area contributed by atoms with Crippen LogP contribution in [0, 0.1) is 0 Å². The lowest BCUT2D eigenvalue weighted by Crippen LogP contribution is -1.92. The number of hydrogen-bond acceptors (Lipinski definition) is 2. The van der Waals surface area contributed by atoms with Crippen LogP contribution in [0.5, 0.6) is 0 Å². The molecule has 2 heteroatoms. The molecule has 0 bridgehead atoms. The molecule has 0 amide bonds. The number of aromatic nitrogens is 1. The van der Waals surface area contributed by atoms with E-state index < -0.39 is 0 Å². The van der Waals surface area contributed by atoms with Crippen molar-refractivity contribution >= 4 is 0 Å². The van der Waals surface area contributed by atoms with E-state index in [0.29, 0.717) is 0 Å². The van der Waals surface area contributed by atoms with Crippen molar-refractivity contribution in [3.05, 3.63) is 65.5 Å². The third-order valence-corrected chi connectivity index (χ3v) is 2.78. The van der Waals surface area contributed by atoms with Crippen LogP contribution in [0.15, 0.2) is 48.8 Å². The van der Waals surface area contributed by atoms with E-state index in [4.69, 9.17) is 5.11 Å². The summed E-state index contributed by atoms with van der Waals surface area (Å²) in [5, 5.41) is 8.77. The molecule has 1 N–H and O–H groups in total. The third-order valence-electron chi connectivity index (χ3n) is 2.78. The van der Waals surface area contributed by atoms with Crippen molar-refractivity contribution in [2.75, 3.05) is 6.61 Å². The molecule has 2 aromatic rings. The first kappa shape index (κ1) is 11.8. The first-order valence-electron chi connectivity index (χ1n) is 5.96. The number of nitrogens with zero attached hydrogens (tertiary/aromatic N) is 1. The minimum atomic E-state index is 0.261.